The van der Waals surface area contributed by atoms with Gasteiger partial charge in [-0.05, 0) is 79.5 Å². The van der Waals surface area contributed by atoms with E-state index in [1.165, 1.54) is 17.5 Å². The van der Waals surface area contributed by atoms with Crippen LogP contribution in [0, 0.1) is 0 Å². The third-order valence-corrected chi connectivity index (χ3v) is 14.2. The van der Waals surface area contributed by atoms with Crippen LogP contribution in [-0.2, 0) is 10.5 Å². The molecular formula is C26H39NO5S2. The molecule has 1 fully saturated rings. The van der Waals surface area contributed by atoms with Gasteiger partial charge in [0.15, 0.2) is 23.0 Å². The first-order chi connectivity index (χ1) is 16.4. The number of methoxy groups -OCH3 is 4. The van der Waals surface area contributed by atoms with Gasteiger partial charge < -0.3 is 24.1 Å². The molecule has 0 aliphatic carbocycles. The van der Waals surface area contributed by atoms with Gasteiger partial charge in [0.1, 0.15) is 0 Å². The standard InChI is InChI=1S/C26H39NO5S2/c1-27(14-12-20-8-10-22(29-2)24(18-20)31-4)34(6)17-7-16-33-26(34,13-15-28)21-9-11-23(30-3)25(19-21)32-5/h8-11,18-19,28H,7,12-17H2,1-6H3. The number of nitrogens with zero attached hydrogens (tertiary/aromatic N) is 1. The van der Waals surface area contributed by atoms with Crippen LogP contribution < -0.4 is 18.9 Å². The van der Waals surface area contributed by atoms with Gasteiger partial charge in [-0.1, -0.05) is 12.1 Å². The molecular weight excluding hydrogens is 470 g/mol. The predicted octanol–water partition coefficient (Wildman–Crippen LogP) is 4.92. The Morgan fingerprint density at radius 3 is 2.18 bits per heavy atom. The minimum Gasteiger partial charge on any atom is -0.493 e. The second kappa shape index (κ2) is 11.8. The summed E-state index contributed by atoms with van der Waals surface area (Å²) in [5.74, 6) is 5.19. The summed E-state index contributed by atoms with van der Waals surface area (Å²) in [6, 6.07) is 12.4. The van der Waals surface area contributed by atoms with Gasteiger partial charge in [-0.15, -0.1) is 11.8 Å². The first-order valence-electron chi connectivity index (χ1n) is 11.5. The van der Waals surface area contributed by atoms with Gasteiger partial charge in [-0.25, -0.2) is 0 Å². The van der Waals surface area contributed by atoms with E-state index in [-0.39, 0.29) is 10.7 Å². The van der Waals surface area contributed by atoms with Gasteiger partial charge >= 0.3 is 0 Å². The van der Waals surface area contributed by atoms with Gasteiger partial charge in [-0.3, -0.25) is 4.31 Å². The summed E-state index contributed by atoms with van der Waals surface area (Å²) in [5, 5.41) is 10.2. The Labute approximate surface area is 210 Å². The average Bonchev–Trinajstić information content (AvgIpc) is 2.87. The van der Waals surface area contributed by atoms with Crippen LogP contribution >= 0.6 is 22.0 Å². The lowest BCUT2D eigenvalue weighted by atomic mass is 10.1. The van der Waals surface area contributed by atoms with Crippen LogP contribution in [0.4, 0.5) is 0 Å². The third kappa shape index (κ3) is 5.10. The Kier molecular flexibility index (Phi) is 9.32. The quantitative estimate of drug-likeness (QED) is 0.461. The summed E-state index contributed by atoms with van der Waals surface area (Å²) in [7, 11) is 7.61. The number of hydrogen-bond acceptors (Lipinski definition) is 7. The molecule has 1 N–H and O–H groups in total. The van der Waals surface area contributed by atoms with E-state index < -0.39 is 10.2 Å². The van der Waals surface area contributed by atoms with Crippen molar-refractivity contribution in [3.05, 3.63) is 47.5 Å². The van der Waals surface area contributed by atoms with Gasteiger partial charge in [0.25, 0.3) is 0 Å². The van der Waals surface area contributed by atoms with Crippen LogP contribution in [-0.4, -0.2) is 75.8 Å². The third-order valence-electron chi connectivity index (χ3n) is 6.85. The molecule has 2 atom stereocenters. The highest BCUT2D eigenvalue weighted by molar-refractivity contribution is 8.39. The van der Waals surface area contributed by atoms with Crippen LogP contribution in [0.1, 0.15) is 24.0 Å². The van der Waals surface area contributed by atoms with Crippen LogP contribution in [0.5, 0.6) is 23.0 Å². The lowest BCUT2D eigenvalue weighted by Gasteiger charge is -2.60. The normalized spacial score (nSPS) is 24.4. The molecule has 0 radical (unpaired) electrons. The monoisotopic (exact) mass is 509 g/mol. The molecule has 0 amide bonds. The average molecular weight is 510 g/mol. The first kappa shape index (κ1) is 26.9. The maximum absolute atomic E-state index is 10.2. The minimum atomic E-state index is -1.30. The van der Waals surface area contributed by atoms with Crippen LogP contribution in [0.15, 0.2) is 36.4 Å². The van der Waals surface area contributed by atoms with E-state index in [1.54, 1.807) is 28.4 Å². The molecule has 1 aliphatic heterocycles. The van der Waals surface area contributed by atoms with Crippen molar-refractivity contribution in [3.63, 3.8) is 0 Å². The Morgan fingerprint density at radius 2 is 1.56 bits per heavy atom. The molecule has 0 aromatic heterocycles. The van der Waals surface area contributed by atoms with Crippen molar-refractivity contribution in [1.29, 1.82) is 0 Å². The van der Waals surface area contributed by atoms with Crippen molar-refractivity contribution in [2.24, 2.45) is 0 Å². The second-order valence-electron chi connectivity index (χ2n) is 8.53. The number of aliphatic hydroxyl groups is 1. The van der Waals surface area contributed by atoms with E-state index in [2.05, 4.69) is 41.9 Å². The van der Waals surface area contributed by atoms with Crippen molar-refractivity contribution in [2.45, 2.75) is 23.3 Å². The first-order valence-corrected chi connectivity index (χ1v) is 14.7. The maximum atomic E-state index is 10.2. The smallest absolute Gasteiger partial charge is 0.161 e. The van der Waals surface area contributed by atoms with Gasteiger partial charge in [0.2, 0.25) is 0 Å². The fraction of sp³-hybridized carbons (Fsp3) is 0.538. The Morgan fingerprint density at radius 1 is 0.941 bits per heavy atom. The molecule has 0 bridgehead atoms. The number of hydrogen-bond donors (Lipinski definition) is 1. The number of likely N-dealkylation sites (N-methyl/N-ethyl adjacent to an activating group) is 1. The van der Waals surface area contributed by atoms with Crippen LogP contribution in [0.2, 0.25) is 0 Å². The molecule has 1 aliphatic rings. The van der Waals surface area contributed by atoms with Gasteiger partial charge in [0, 0.05) is 13.2 Å². The van der Waals surface area contributed by atoms with Crippen LogP contribution in [0.3, 0.4) is 0 Å². The van der Waals surface area contributed by atoms with E-state index in [4.69, 9.17) is 18.9 Å². The second-order valence-corrected chi connectivity index (χ2v) is 14.0. The van der Waals surface area contributed by atoms with Gasteiger partial charge in [0.05, 0.1) is 32.5 Å². The number of thioether (sulfide) groups is 1. The molecule has 34 heavy (non-hydrogen) atoms. The number of ether oxygens (including phenoxy) is 4. The molecule has 8 heteroatoms. The molecule has 0 spiro atoms. The molecule has 2 aromatic carbocycles. The fourth-order valence-corrected chi connectivity index (χ4v) is 11.5. The summed E-state index contributed by atoms with van der Waals surface area (Å²) in [4.78, 5) is 0. The summed E-state index contributed by atoms with van der Waals surface area (Å²) < 4.78 is 24.4. The lowest BCUT2D eigenvalue weighted by molar-refractivity contribution is 0.281. The van der Waals surface area contributed by atoms with E-state index >= 15 is 0 Å². The van der Waals surface area contributed by atoms with E-state index in [9.17, 15) is 5.11 Å². The predicted molar refractivity (Wildman–Crippen MR) is 144 cm³/mol. The summed E-state index contributed by atoms with van der Waals surface area (Å²) in [6.07, 6.45) is 5.22. The topological polar surface area (TPSA) is 60.4 Å². The summed E-state index contributed by atoms with van der Waals surface area (Å²) in [6.45, 7) is 1.07. The molecule has 1 saturated heterocycles. The molecule has 3 rings (SSSR count). The number of aliphatic hydroxyl groups excluding tert-OH is 1. The molecule has 190 valence electrons. The van der Waals surface area contributed by atoms with E-state index in [0.717, 1.165) is 47.5 Å². The zero-order valence-corrected chi connectivity index (χ0v) is 22.9. The molecule has 1 heterocycles. The Bertz CT molecular complexity index is 955. The van der Waals surface area contributed by atoms with E-state index in [1.807, 2.05) is 23.9 Å². The Balaban J connectivity index is 1.93. The molecule has 0 saturated carbocycles. The van der Waals surface area contributed by atoms with Crippen LogP contribution in [0.25, 0.3) is 0 Å². The molecule has 6 nitrogen and oxygen atoms in total. The highest BCUT2D eigenvalue weighted by atomic mass is 32.3. The lowest BCUT2D eigenvalue weighted by Crippen LogP contribution is -2.44. The zero-order valence-electron chi connectivity index (χ0n) is 21.3. The maximum Gasteiger partial charge on any atom is 0.161 e. The SMILES string of the molecule is COc1ccc(CCN(C)S2(C)CCCSC2(CCO)c2ccc(OC)c(OC)c2)cc1OC. The highest BCUT2D eigenvalue weighted by Gasteiger charge is 2.50. The largest absolute Gasteiger partial charge is 0.493 e. The summed E-state index contributed by atoms with van der Waals surface area (Å²) in [5.41, 5.74) is 2.43. The fourth-order valence-electron chi connectivity index (χ4n) is 4.79. The summed E-state index contributed by atoms with van der Waals surface area (Å²) >= 11 is 1.99. The van der Waals surface area contributed by atoms with Gasteiger partial charge in [-0.2, -0.15) is 10.2 Å². The van der Waals surface area contributed by atoms with Crippen molar-refractivity contribution in [1.82, 2.24) is 4.31 Å². The van der Waals surface area contributed by atoms with Crippen molar-refractivity contribution >= 4 is 22.0 Å². The van der Waals surface area contributed by atoms with Crippen molar-refractivity contribution in [2.75, 3.05) is 66.4 Å². The number of rotatable bonds is 11. The molecule has 2 unspecified atom stereocenters. The van der Waals surface area contributed by atoms with Crippen molar-refractivity contribution < 1.29 is 24.1 Å². The van der Waals surface area contributed by atoms with Crippen molar-refractivity contribution in [3.8, 4) is 23.0 Å². The zero-order chi connectivity index (χ0) is 24.8. The highest BCUT2D eigenvalue weighted by Crippen LogP contribution is 2.72. The minimum absolute atomic E-state index is 0.146. The number of benzene rings is 2. The molecule has 2 aromatic rings. The van der Waals surface area contributed by atoms with E-state index in [0.29, 0.717) is 6.42 Å². The Hall–Kier alpha value is -1.74.